The monoisotopic (exact) mass is 245 g/mol. The Balaban J connectivity index is 3.11. The molecule has 0 aromatic heterocycles. The van der Waals surface area contributed by atoms with Gasteiger partial charge in [0.1, 0.15) is 0 Å². The topological polar surface area (TPSA) is 89.7 Å². The molecule has 1 rings (SSSR count). The first kappa shape index (κ1) is 12.3. The van der Waals surface area contributed by atoms with Gasteiger partial charge in [-0.05, 0) is 13.0 Å². The fraction of sp³-hybridized carbons (Fsp3) is 0.222. The van der Waals surface area contributed by atoms with Crippen molar-refractivity contribution in [1.82, 2.24) is 0 Å². The third-order valence-corrected chi connectivity index (χ3v) is 2.08. The summed E-state index contributed by atoms with van der Waals surface area (Å²) in [4.78, 5) is 20.5. The molecule has 0 aliphatic rings. The highest BCUT2D eigenvalue weighted by Gasteiger charge is 2.22. The molecule has 0 saturated carbocycles. The third kappa shape index (κ3) is 2.60. The second-order valence-corrected chi connectivity index (χ2v) is 3.35. The Hall–Kier alpha value is -1.82. The molecule has 16 heavy (non-hydrogen) atoms. The predicted molar refractivity (Wildman–Crippen MR) is 55.8 cm³/mol. The van der Waals surface area contributed by atoms with Crippen LogP contribution in [0, 0.1) is 10.1 Å². The Morgan fingerprint density at radius 3 is 2.75 bits per heavy atom. The molecule has 7 heteroatoms. The maximum atomic E-state index is 10.6. The van der Waals surface area contributed by atoms with Gasteiger partial charge < -0.3 is 9.84 Å². The number of nitrogens with zero attached hydrogens (tertiary/aromatic N) is 1. The smallest absolute Gasteiger partial charge is 0.344 e. The molecule has 1 N–H and O–H groups in total. The van der Waals surface area contributed by atoms with Gasteiger partial charge in [0.05, 0.1) is 9.95 Å². The van der Waals surface area contributed by atoms with Crippen molar-refractivity contribution in [2.24, 2.45) is 0 Å². The average Bonchev–Trinajstić information content (AvgIpc) is 2.20. The van der Waals surface area contributed by atoms with Crippen molar-refractivity contribution in [2.75, 3.05) is 0 Å². The van der Waals surface area contributed by atoms with E-state index in [1.54, 1.807) is 0 Å². The molecule has 0 radical (unpaired) electrons. The van der Waals surface area contributed by atoms with Gasteiger partial charge in [-0.3, -0.25) is 10.1 Å². The molecule has 0 amide bonds. The summed E-state index contributed by atoms with van der Waals surface area (Å²) in [6.45, 7) is 1.26. The molecule has 1 aromatic rings. The molecule has 0 bridgehead atoms. The molecular formula is C9H8ClNO5. The lowest BCUT2D eigenvalue weighted by Crippen LogP contribution is -2.23. The van der Waals surface area contributed by atoms with Gasteiger partial charge in [-0.1, -0.05) is 17.7 Å². The fourth-order valence-corrected chi connectivity index (χ4v) is 1.20. The van der Waals surface area contributed by atoms with E-state index in [1.807, 2.05) is 0 Å². The van der Waals surface area contributed by atoms with Crippen molar-refractivity contribution in [1.29, 1.82) is 0 Å². The van der Waals surface area contributed by atoms with E-state index >= 15 is 0 Å². The molecule has 0 unspecified atom stereocenters. The zero-order chi connectivity index (χ0) is 12.3. The molecule has 0 aliphatic carbocycles. The van der Waals surface area contributed by atoms with Crippen LogP contribution in [-0.4, -0.2) is 22.1 Å². The van der Waals surface area contributed by atoms with Crippen molar-refractivity contribution in [3.05, 3.63) is 33.3 Å². The van der Waals surface area contributed by atoms with E-state index in [0.717, 1.165) is 0 Å². The highest BCUT2D eigenvalue weighted by atomic mass is 35.5. The molecule has 6 nitrogen and oxygen atoms in total. The van der Waals surface area contributed by atoms with Gasteiger partial charge in [-0.15, -0.1) is 0 Å². The van der Waals surface area contributed by atoms with Crippen LogP contribution in [0.25, 0.3) is 0 Å². The minimum atomic E-state index is -1.23. The van der Waals surface area contributed by atoms with Crippen molar-refractivity contribution >= 4 is 23.3 Å². The van der Waals surface area contributed by atoms with E-state index in [-0.39, 0.29) is 16.5 Å². The van der Waals surface area contributed by atoms with Gasteiger partial charge in [0.25, 0.3) is 0 Å². The standard InChI is InChI=1S/C9H8ClNO5/c1-5(9(12)13)16-8-6(10)3-2-4-7(8)11(14)15/h2-5H,1H3,(H,12,13)/t5-/m1/s1. The number of carboxylic acid groups (broad SMARTS) is 1. The normalized spacial score (nSPS) is 11.9. The number of rotatable bonds is 4. The molecule has 0 fully saturated rings. The molecule has 0 heterocycles. The number of benzene rings is 1. The first-order chi connectivity index (χ1) is 7.43. The highest BCUT2D eigenvalue weighted by Crippen LogP contribution is 2.34. The summed E-state index contributed by atoms with van der Waals surface area (Å²) in [6.07, 6.45) is -1.21. The first-order valence-electron chi connectivity index (χ1n) is 4.26. The number of para-hydroxylation sites is 1. The van der Waals surface area contributed by atoms with Crippen LogP contribution in [0.15, 0.2) is 18.2 Å². The lowest BCUT2D eigenvalue weighted by Gasteiger charge is -2.11. The zero-order valence-electron chi connectivity index (χ0n) is 8.21. The van der Waals surface area contributed by atoms with Gasteiger partial charge in [-0.2, -0.15) is 0 Å². The van der Waals surface area contributed by atoms with E-state index in [9.17, 15) is 14.9 Å². The summed E-state index contributed by atoms with van der Waals surface area (Å²) in [5.74, 6) is -1.46. The number of aliphatic carboxylic acids is 1. The van der Waals surface area contributed by atoms with Gasteiger partial charge >= 0.3 is 11.7 Å². The van der Waals surface area contributed by atoms with Crippen LogP contribution in [0.5, 0.6) is 5.75 Å². The number of nitro benzene ring substituents is 1. The number of hydrogen-bond donors (Lipinski definition) is 1. The summed E-state index contributed by atoms with van der Waals surface area (Å²) >= 11 is 5.70. The lowest BCUT2D eigenvalue weighted by atomic mass is 10.3. The molecular weight excluding hydrogens is 238 g/mol. The van der Waals surface area contributed by atoms with Gasteiger partial charge in [0.2, 0.25) is 5.75 Å². The maximum absolute atomic E-state index is 10.6. The van der Waals surface area contributed by atoms with Crippen LogP contribution >= 0.6 is 11.6 Å². The summed E-state index contributed by atoms with van der Waals surface area (Å²) < 4.78 is 4.93. The van der Waals surface area contributed by atoms with E-state index in [2.05, 4.69) is 0 Å². The summed E-state index contributed by atoms with van der Waals surface area (Å²) in [5, 5.41) is 19.3. The molecule has 0 aliphatic heterocycles. The quantitative estimate of drug-likeness (QED) is 0.648. The number of halogens is 1. The third-order valence-electron chi connectivity index (χ3n) is 1.79. The molecule has 86 valence electrons. The van der Waals surface area contributed by atoms with E-state index in [0.29, 0.717) is 0 Å². The second-order valence-electron chi connectivity index (χ2n) is 2.94. The maximum Gasteiger partial charge on any atom is 0.344 e. The summed E-state index contributed by atoms with van der Waals surface area (Å²) in [6, 6.07) is 3.97. The van der Waals surface area contributed by atoms with Gasteiger partial charge in [0, 0.05) is 6.07 Å². The number of nitro groups is 1. The minimum absolute atomic E-state index is 0.00213. The Morgan fingerprint density at radius 2 is 2.25 bits per heavy atom. The second kappa shape index (κ2) is 4.80. The largest absolute Gasteiger partial charge is 0.479 e. The van der Waals surface area contributed by atoms with E-state index in [4.69, 9.17) is 21.4 Å². The highest BCUT2D eigenvalue weighted by molar-refractivity contribution is 6.32. The van der Waals surface area contributed by atoms with Crippen LogP contribution in [-0.2, 0) is 4.79 Å². The fourth-order valence-electron chi connectivity index (χ4n) is 0.985. The zero-order valence-corrected chi connectivity index (χ0v) is 8.97. The average molecular weight is 246 g/mol. The number of carbonyl (C=O) groups is 1. The Bertz CT molecular complexity index is 434. The van der Waals surface area contributed by atoms with Gasteiger partial charge in [-0.25, -0.2) is 4.79 Å². The first-order valence-corrected chi connectivity index (χ1v) is 4.63. The number of ether oxygens (including phenoxy) is 1. The Labute approximate surface area is 95.6 Å². The minimum Gasteiger partial charge on any atom is -0.479 e. The Kier molecular flexibility index (Phi) is 3.68. The van der Waals surface area contributed by atoms with Crippen LogP contribution in [0.2, 0.25) is 5.02 Å². The van der Waals surface area contributed by atoms with Crippen molar-refractivity contribution in [3.63, 3.8) is 0 Å². The summed E-state index contributed by atoms with van der Waals surface area (Å²) in [7, 11) is 0. The van der Waals surface area contributed by atoms with Crippen molar-refractivity contribution < 1.29 is 19.6 Å². The van der Waals surface area contributed by atoms with E-state index in [1.165, 1.54) is 25.1 Å². The van der Waals surface area contributed by atoms with Crippen LogP contribution in [0.1, 0.15) is 6.92 Å². The molecule has 0 spiro atoms. The number of carboxylic acids is 1. The van der Waals surface area contributed by atoms with Crippen LogP contribution in [0.3, 0.4) is 0 Å². The van der Waals surface area contributed by atoms with Crippen LogP contribution in [0.4, 0.5) is 5.69 Å². The molecule has 1 aromatic carbocycles. The molecule has 0 saturated heterocycles. The van der Waals surface area contributed by atoms with Crippen molar-refractivity contribution in [3.8, 4) is 5.75 Å². The van der Waals surface area contributed by atoms with E-state index < -0.39 is 17.0 Å². The van der Waals surface area contributed by atoms with Crippen LogP contribution < -0.4 is 4.74 Å². The predicted octanol–water partition coefficient (Wildman–Crippen LogP) is 2.10. The summed E-state index contributed by atoms with van der Waals surface area (Å²) in [5.41, 5.74) is -0.361. The van der Waals surface area contributed by atoms with Crippen molar-refractivity contribution in [2.45, 2.75) is 13.0 Å². The van der Waals surface area contributed by atoms with Gasteiger partial charge in [0.15, 0.2) is 6.10 Å². The lowest BCUT2D eigenvalue weighted by molar-refractivity contribution is -0.386. The SMILES string of the molecule is C[C@@H](Oc1c(Cl)cccc1[N+](=O)[O-])C(=O)O. The molecule has 1 atom stereocenters. The number of hydrogen-bond acceptors (Lipinski definition) is 4. The Morgan fingerprint density at radius 1 is 1.62 bits per heavy atom.